The van der Waals surface area contributed by atoms with E-state index in [9.17, 15) is 8.42 Å². The minimum absolute atomic E-state index is 0.153. The molecule has 3 unspecified atom stereocenters. The molecule has 0 heterocycles. The molecule has 0 spiro atoms. The van der Waals surface area contributed by atoms with Crippen molar-refractivity contribution in [1.82, 2.24) is 0 Å². The van der Waals surface area contributed by atoms with E-state index in [2.05, 4.69) is 6.92 Å². The largest absolute Gasteiger partial charge is 0.385 e. The maximum absolute atomic E-state index is 12.5. The zero-order chi connectivity index (χ0) is 14.3. The van der Waals surface area contributed by atoms with Crippen LogP contribution in [0.5, 0.6) is 0 Å². The SMILES string of the molecule is CCCC1CCC(CN)C(S(=O)(=O)CCCOC)C1. The summed E-state index contributed by atoms with van der Waals surface area (Å²) in [6.07, 6.45) is 5.78. The minimum Gasteiger partial charge on any atom is -0.385 e. The van der Waals surface area contributed by atoms with Crippen molar-refractivity contribution < 1.29 is 13.2 Å². The van der Waals surface area contributed by atoms with Crippen molar-refractivity contribution in [2.24, 2.45) is 17.6 Å². The van der Waals surface area contributed by atoms with E-state index in [4.69, 9.17) is 10.5 Å². The molecule has 2 N–H and O–H groups in total. The smallest absolute Gasteiger partial charge is 0.153 e. The van der Waals surface area contributed by atoms with Crippen LogP contribution in [-0.2, 0) is 14.6 Å². The Labute approximate surface area is 118 Å². The second-order valence-electron chi connectivity index (χ2n) is 5.72. The van der Waals surface area contributed by atoms with Crippen molar-refractivity contribution in [3.05, 3.63) is 0 Å². The van der Waals surface area contributed by atoms with Crippen molar-refractivity contribution in [2.45, 2.75) is 50.7 Å². The highest BCUT2D eigenvalue weighted by Crippen LogP contribution is 2.35. The topological polar surface area (TPSA) is 69.4 Å². The number of nitrogens with two attached hydrogens (primary N) is 1. The predicted molar refractivity (Wildman–Crippen MR) is 78.9 cm³/mol. The standard InChI is InChI=1S/C14H29NO3S/c1-3-5-12-6-7-13(11-15)14(10-12)19(16,17)9-4-8-18-2/h12-14H,3-11,15H2,1-2H3. The van der Waals surface area contributed by atoms with Crippen LogP contribution < -0.4 is 5.73 Å². The lowest BCUT2D eigenvalue weighted by Gasteiger charge is -2.35. The van der Waals surface area contributed by atoms with E-state index in [0.29, 0.717) is 25.5 Å². The quantitative estimate of drug-likeness (QED) is 0.694. The van der Waals surface area contributed by atoms with Crippen molar-refractivity contribution >= 4 is 9.84 Å². The van der Waals surface area contributed by atoms with Gasteiger partial charge in [0.15, 0.2) is 9.84 Å². The van der Waals surface area contributed by atoms with Gasteiger partial charge in [0, 0.05) is 13.7 Å². The van der Waals surface area contributed by atoms with Gasteiger partial charge in [0.2, 0.25) is 0 Å². The molecular formula is C14H29NO3S. The Morgan fingerprint density at radius 1 is 1.32 bits per heavy atom. The Hall–Kier alpha value is -0.130. The summed E-state index contributed by atoms with van der Waals surface area (Å²) in [5, 5.41) is -0.223. The van der Waals surface area contributed by atoms with E-state index in [-0.39, 0.29) is 16.9 Å². The first-order valence-corrected chi connectivity index (χ1v) is 9.17. The van der Waals surface area contributed by atoms with Crippen molar-refractivity contribution in [2.75, 3.05) is 26.0 Å². The monoisotopic (exact) mass is 291 g/mol. The van der Waals surface area contributed by atoms with Crippen LogP contribution in [0.4, 0.5) is 0 Å². The number of hydrogen-bond donors (Lipinski definition) is 1. The van der Waals surface area contributed by atoms with Crippen LogP contribution in [0.2, 0.25) is 0 Å². The number of methoxy groups -OCH3 is 1. The van der Waals surface area contributed by atoms with Crippen molar-refractivity contribution in [3.63, 3.8) is 0 Å². The summed E-state index contributed by atoms with van der Waals surface area (Å²) in [5.41, 5.74) is 5.78. The first kappa shape index (κ1) is 16.9. The second-order valence-corrected chi connectivity index (χ2v) is 8.05. The van der Waals surface area contributed by atoms with E-state index < -0.39 is 9.84 Å². The van der Waals surface area contributed by atoms with Gasteiger partial charge < -0.3 is 10.5 Å². The summed E-state index contributed by atoms with van der Waals surface area (Å²) in [6, 6.07) is 0. The highest BCUT2D eigenvalue weighted by atomic mass is 32.2. The molecule has 19 heavy (non-hydrogen) atoms. The Morgan fingerprint density at radius 2 is 2.05 bits per heavy atom. The summed E-state index contributed by atoms with van der Waals surface area (Å²) in [4.78, 5) is 0. The molecule has 0 aromatic rings. The molecule has 4 nitrogen and oxygen atoms in total. The van der Waals surface area contributed by atoms with Gasteiger partial charge in [-0.2, -0.15) is 0 Å². The third-order valence-electron chi connectivity index (χ3n) is 4.28. The summed E-state index contributed by atoms with van der Waals surface area (Å²) in [7, 11) is -1.42. The zero-order valence-electron chi connectivity index (χ0n) is 12.3. The molecular weight excluding hydrogens is 262 g/mol. The van der Waals surface area contributed by atoms with Gasteiger partial charge in [0.25, 0.3) is 0 Å². The predicted octanol–water partition coefficient (Wildman–Crippen LogP) is 1.98. The van der Waals surface area contributed by atoms with E-state index in [0.717, 1.165) is 32.1 Å². The molecule has 0 amide bonds. The van der Waals surface area contributed by atoms with E-state index in [1.165, 1.54) is 0 Å². The molecule has 3 atom stereocenters. The van der Waals surface area contributed by atoms with Crippen LogP contribution in [0.1, 0.15) is 45.4 Å². The number of hydrogen-bond acceptors (Lipinski definition) is 4. The van der Waals surface area contributed by atoms with Crippen LogP contribution in [0, 0.1) is 11.8 Å². The van der Waals surface area contributed by atoms with Crippen LogP contribution in [0.15, 0.2) is 0 Å². The normalized spacial score (nSPS) is 28.5. The van der Waals surface area contributed by atoms with Gasteiger partial charge in [-0.3, -0.25) is 0 Å². The average molecular weight is 291 g/mol. The molecule has 0 saturated heterocycles. The van der Waals surface area contributed by atoms with Gasteiger partial charge in [-0.05, 0) is 37.6 Å². The highest BCUT2D eigenvalue weighted by molar-refractivity contribution is 7.92. The molecule has 0 aliphatic heterocycles. The molecule has 0 aromatic carbocycles. The zero-order valence-corrected chi connectivity index (χ0v) is 13.1. The third kappa shape index (κ3) is 5.04. The fraction of sp³-hybridized carbons (Fsp3) is 1.00. The molecule has 1 aliphatic rings. The Balaban J connectivity index is 2.67. The molecule has 0 aromatic heterocycles. The lowest BCUT2D eigenvalue weighted by atomic mass is 9.80. The lowest BCUT2D eigenvalue weighted by molar-refractivity contribution is 0.199. The molecule has 1 fully saturated rings. The lowest BCUT2D eigenvalue weighted by Crippen LogP contribution is -2.41. The van der Waals surface area contributed by atoms with Crippen molar-refractivity contribution in [3.8, 4) is 0 Å². The Kier molecular flexibility index (Phi) is 7.32. The number of ether oxygens (including phenoxy) is 1. The molecule has 1 rings (SSSR count). The van der Waals surface area contributed by atoms with Crippen LogP contribution in [0.25, 0.3) is 0 Å². The third-order valence-corrected chi connectivity index (χ3v) is 6.63. The van der Waals surface area contributed by atoms with Crippen LogP contribution >= 0.6 is 0 Å². The van der Waals surface area contributed by atoms with Crippen LogP contribution in [0.3, 0.4) is 0 Å². The molecule has 1 saturated carbocycles. The average Bonchev–Trinajstić information content (AvgIpc) is 2.39. The van der Waals surface area contributed by atoms with Crippen LogP contribution in [-0.4, -0.2) is 39.7 Å². The maximum atomic E-state index is 12.5. The van der Waals surface area contributed by atoms with E-state index in [1.54, 1.807) is 7.11 Å². The molecule has 114 valence electrons. The fourth-order valence-corrected chi connectivity index (χ4v) is 5.43. The highest BCUT2D eigenvalue weighted by Gasteiger charge is 2.37. The number of sulfone groups is 1. The summed E-state index contributed by atoms with van der Waals surface area (Å²) < 4.78 is 29.9. The fourth-order valence-electron chi connectivity index (χ4n) is 3.21. The van der Waals surface area contributed by atoms with E-state index in [1.807, 2.05) is 0 Å². The van der Waals surface area contributed by atoms with Gasteiger partial charge in [-0.25, -0.2) is 8.42 Å². The van der Waals surface area contributed by atoms with Crippen molar-refractivity contribution in [1.29, 1.82) is 0 Å². The first-order chi connectivity index (χ1) is 9.05. The molecule has 1 aliphatic carbocycles. The van der Waals surface area contributed by atoms with Gasteiger partial charge >= 0.3 is 0 Å². The van der Waals surface area contributed by atoms with Gasteiger partial charge in [-0.15, -0.1) is 0 Å². The first-order valence-electron chi connectivity index (χ1n) is 7.45. The second kappa shape index (κ2) is 8.22. The van der Waals surface area contributed by atoms with Gasteiger partial charge in [0.1, 0.15) is 0 Å². The molecule has 5 heteroatoms. The summed E-state index contributed by atoms with van der Waals surface area (Å²) >= 11 is 0. The van der Waals surface area contributed by atoms with Gasteiger partial charge in [0.05, 0.1) is 11.0 Å². The molecule has 0 bridgehead atoms. The Morgan fingerprint density at radius 3 is 2.63 bits per heavy atom. The summed E-state index contributed by atoms with van der Waals surface area (Å²) in [5.74, 6) is 0.955. The van der Waals surface area contributed by atoms with E-state index >= 15 is 0 Å². The minimum atomic E-state index is -3.03. The molecule has 0 radical (unpaired) electrons. The van der Waals surface area contributed by atoms with Gasteiger partial charge in [-0.1, -0.05) is 26.2 Å². The number of rotatable bonds is 8. The maximum Gasteiger partial charge on any atom is 0.153 e. The Bertz CT molecular complexity index is 343. The summed E-state index contributed by atoms with van der Waals surface area (Å²) in [6.45, 7) is 3.17.